The van der Waals surface area contributed by atoms with Crippen molar-refractivity contribution in [2.75, 3.05) is 0 Å². The van der Waals surface area contributed by atoms with Gasteiger partial charge in [-0.3, -0.25) is 0 Å². The van der Waals surface area contributed by atoms with Gasteiger partial charge in [0.25, 0.3) is 0 Å². The molecule has 0 radical (unpaired) electrons. The molecule has 3 aromatic rings. The predicted octanol–water partition coefficient (Wildman–Crippen LogP) is 4.11. The monoisotopic (exact) mass is 312 g/mol. The van der Waals surface area contributed by atoms with E-state index in [9.17, 15) is 4.79 Å². The van der Waals surface area contributed by atoms with Crippen LogP contribution in [0.4, 0.5) is 0 Å². The lowest BCUT2D eigenvalue weighted by Gasteiger charge is -2.06. The molecule has 0 amide bonds. The zero-order valence-corrected chi connectivity index (χ0v) is 12.6. The molecule has 0 aliphatic rings. The minimum atomic E-state index is -0.921. The Hall–Kier alpha value is -2.59. The van der Waals surface area contributed by atoms with E-state index < -0.39 is 5.97 Å². The number of aromatic nitrogens is 2. The van der Waals surface area contributed by atoms with E-state index in [1.165, 1.54) is 0 Å². The van der Waals surface area contributed by atoms with Crippen LogP contribution in [-0.4, -0.2) is 20.6 Å². The van der Waals surface area contributed by atoms with Gasteiger partial charge in [-0.1, -0.05) is 36.4 Å². The number of hydrogen-bond acceptors (Lipinski definition) is 2. The number of nitrogens with zero attached hydrogens (tertiary/aromatic N) is 2. The van der Waals surface area contributed by atoms with Gasteiger partial charge < -0.3 is 9.67 Å². The first kappa shape index (κ1) is 14.4. The van der Waals surface area contributed by atoms with Gasteiger partial charge in [-0.25, -0.2) is 9.78 Å². The molecule has 1 N–H and O–H groups in total. The number of benzene rings is 2. The molecular formula is C17H13ClN2O2. The number of carbonyl (C=O) groups is 1. The maximum absolute atomic E-state index is 10.9. The molecule has 5 heteroatoms. The normalized spacial score (nSPS) is 10.6. The molecule has 22 heavy (non-hydrogen) atoms. The molecule has 0 saturated carbocycles. The van der Waals surface area contributed by atoms with Crippen molar-refractivity contribution in [2.45, 2.75) is 0 Å². The molecule has 2 aromatic carbocycles. The maximum atomic E-state index is 10.9. The highest BCUT2D eigenvalue weighted by molar-refractivity contribution is 6.28. The summed E-state index contributed by atoms with van der Waals surface area (Å²) >= 11 is 5.95. The Kier molecular flexibility index (Phi) is 3.69. The van der Waals surface area contributed by atoms with Crippen LogP contribution in [0.15, 0.2) is 54.7 Å². The number of carboxylic acids is 1. The van der Waals surface area contributed by atoms with Crippen molar-refractivity contribution in [1.82, 2.24) is 9.55 Å². The van der Waals surface area contributed by atoms with Gasteiger partial charge in [-0.15, -0.1) is 0 Å². The van der Waals surface area contributed by atoms with E-state index in [0.29, 0.717) is 5.28 Å². The summed E-state index contributed by atoms with van der Waals surface area (Å²) in [7, 11) is 1.86. The van der Waals surface area contributed by atoms with E-state index in [1.54, 1.807) is 30.5 Å². The number of hydrogen-bond donors (Lipinski definition) is 1. The summed E-state index contributed by atoms with van der Waals surface area (Å²) in [6, 6.07) is 14.8. The summed E-state index contributed by atoms with van der Waals surface area (Å²) in [5.41, 5.74) is 4.24. The van der Waals surface area contributed by atoms with Crippen LogP contribution >= 0.6 is 11.6 Å². The zero-order chi connectivity index (χ0) is 15.7. The van der Waals surface area contributed by atoms with E-state index >= 15 is 0 Å². The van der Waals surface area contributed by atoms with Gasteiger partial charge in [0.1, 0.15) is 0 Å². The topological polar surface area (TPSA) is 55.1 Å². The van der Waals surface area contributed by atoms with E-state index in [4.69, 9.17) is 16.7 Å². The van der Waals surface area contributed by atoms with Crippen LogP contribution in [0.5, 0.6) is 0 Å². The molecule has 0 saturated heterocycles. The Balaban J connectivity index is 1.91. The lowest BCUT2D eigenvalue weighted by molar-refractivity contribution is 0.0697. The molecule has 0 aliphatic carbocycles. The van der Waals surface area contributed by atoms with Crippen molar-refractivity contribution in [3.63, 3.8) is 0 Å². The molecule has 0 bridgehead atoms. The quantitative estimate of drug-likeness (QED) is 0.792. The summed E-state index contributed by atoms with van der Waals surface area (Å²) < 4.78 is 1.82. The van der Waals surface area contributed by atoms with Crippen LogP contribution in [0.25, 0.3) is 22.4 Å². The fourth-order valence-electron chi connectivity index (χ4n) is 2.29. The first-order valence-corrected chi connectivity index (χ1v) is 7.05. The number of imidazole rings is 1. The second-order valence-corrected chi connectivity index (χ2v) is 5.27. The number of halogens is 1. The summed E-state index contributed by atoms with van der Waals surface area (Å²) in [5, 5.41) is 9.37. The van der Waals surface area contributed by atoms with Crippen LogP contribution in [0.2, 0.25) is 5.28 Å². The minimum Gasteiger partial charge on any atom is -0.478 e. The Bertz CT molecular complexity index is 821. The van der Waals surface area contributed by atoms with Gasteiger partial charge in [0.15, 0.2) is 0 Å². The number of aromatic carboxylic acids is 1. The molecule has 0 aliphatic heterocycles. The Morgan fingerprint density at radius 2 is 1.50 bits per heavy atom. The third-order valence-electron chi connectivity index (χ3n) is 3.58. The first-order chi connectivity index (χ1) is 10.6. The molecule has 4 nitrogen and oxygen atoms in total. The predicted molar refractivity (Wildman–Crippen MR) is 86.0 cm³/mol. The molecule has 1 aromatic heterocycles. The van der Waals surface area contributed by atoms with Gasteiger partial charge in [-0.05, 0) is 40.4 Å². The van der Waals surface area contributed by atoms with Crippen LogP contribution in [0.1, 0.15) is 10.4 Å². The van der Waals surface area contributed by atoms with Crippen molar-refractivity contribution in [1.29, 1.82) is 0 Å². The van der Waals surface area contributed by atoms with Crippen molar-refractivity contribution >= 4 is 17.6 Å². The maximum Gasteiger partial charge on any atom is 0.335 e. The standard InChI is InChI=1S/C17H13ClN2O2/c1-20-15(10-19-17(20)18)13-6-2-11(3-7-13)12-4-8-14(9-5-12)16(21)22/h2-10H,1H3,(H,21,22). The van der Waals surface area contributed by atoms with Crippen molar-refractivity contribution in [3.05, 3.63) is 65.6 Å². The molecule has 0 spiro atoms. The molecule has 0 atom stereocenters. The van der Waals surface area contributed by atoms with Gasteiger partial charge in [0.2, 0.25) is 5.28 Å². The lowest BCUT2D eigenvalue weighted by Crippen LogP contribution is -1.95. The summed E-state index contributed by atoms with van der Waals surface area (Å²) in [5.74, 6) is -0.921. The Morgan fingerprint density at radius 1 is 1.00 bits per heavy atom. The first-order valence-electron chi connectivity index (χ1n) is 6.67. The third-order valence-corrected chi connectivity index (χ3v) is 3.93. The fraction of sp³-hybridized carbons (Fsp3) is 0.0588. The second-order valence-electron chi connectivity index (χ2n) is 4.93. The van der Waals surface area contributed by atoms with Gasteiger partial charge in [0.05, 0.1) is 17.5 Å². The molecule has 0 fully saturated rings. The van der Waals surface area contributed by atoms with Gasteiger partial charge in [-0.2, -0.15) is 0 Å². The highest BCUT2D eigenvalue weighted by Crippen LogP contribution is 2.26. The lowest BCUT2D eigenvalue weighted by atomic mass is 10.0. The molecule has 3 rings (SSSR count). The van der Waals surface area contributed by atoms with Crippen LogP contribution in [0.3, 0.4) is 0 Å². The average molecular weight is 313 g/mol. The van der Waals surface area contributed by atoms with Crippen LogP contribution < -0.4 is 0 Å². The zero-order valence-electron chi connectivity index (χ0n) is 11.8. The minimum absolute atomic E-state index is 0.282. The smallest absolute Gasteiger partial charge is 0.335 e. The highest BCUT2D eigenvalue weighted by atomic mass is 35.5. The second kappa shape index (κ2) is 5.66. The van der Waals surface area contributed by atoms with Crippen molar-refractivity contribution in [3.8, 4) is 22.4 Å². The number of rotatable bonds is 3. The average Bonchev–Trinajstić information content (AvgIpc) is 2.87. The van der Waals surface area contributed by atoms with Gasteiger partial charge >= 0.3 is 5.97 Å². The Labute approximate surface area is 132 Å². The van der Waals surface area contributed by atoms with Crippen molar-refractivity contribution < 1.29 is 9.90 Å². The summed E-state index contributed by atoms with van der Waals surface area (Å²) in [6.07, 6.45) is 1.74. The van der Waals surface area contributed by atoms with Crippen LogP contribution in [0, 0.1) is 0 Å². The fourth-order valence-corrected chi connectivity index (χ4v) is 2.43. The summed E-state index contributed by atoms with van der Waals surface area (Å²) in [4.78, 5) is 14.9. The van der Waals surface area contributed by atoms with E-state index in [-0.39, 0.29) is 5.56 Å². The van der Waals surface area contributed by atoms with E-state index in [0.717, 1.165) is 22.4 Å². The third kappa shape index (κ3) is 2.61. The molecule has 110 valence electrons. The molecular weight excluding hydrogens is 300 g/mol. The largest absolute Gasteiger partial charge is 0.478 e. The van der Waals surface area contributed by atoms with E-state index in [2.05, 4.69) is 4.98 Å². The summed E-state index contributed by atoms with van der Waals surface area (Å²) in [6.45, 7) is 0. The number of carboxylic acid groups (broad SMARTS) is 1. The highest BCUT2D eigenvalue weighted by Gasteiger charge is 2.07. The van der Waals surface area contributed by atoms with Crippen LogP contribution in [-0.2, 0) is 7.05 Å². The SMILES string of the molecule is Cn1c(-c2ccc(-c3ccc(C(=O)O)cc3)cc2)cnc1Cl. The van der Waals surface area contributed by atoms with Gasteiger partial charge in [0, 0.05) is 7.05 Å². The van der Waals surface area contributed by atoms with Crippen molar-refractivity contribution in [2.24, 2.45) is 7.05 Å². The Morgan fingerprint density at radius 3 is 1.95 bits per heavy atom. The van der Waals surface area contributed by atoms with E-state index in [1.807, 2.05) is 35.9 Å². The molecule has 0 unspecified atom stereocenters. The molecule has 1 heterocycles.